The first-order chi connectivity index (χ1) is 29.0. The van der Waals surface area contributed by atoms with Crippen molar-refractivity contribution in [3.63, 3.8) is 0 Å². The Morgan fingerprint density at radius 2 is 0.750 bits per heavy atom. The van der Waals surface area contributed by atoms with E-state index in [2.05, 4.69) is 203 Å². The van der Waals surface area contributed by atoms with Gasteiger partial charge in [0.2, 0.25) is 0 Å². The molecule has 12 heteroatoms. The summed E-state index contributed by atoms with van der Waals surface area (Å²) >= 11 is 0. The topological polar surface area (TPSA) is 89.5 Å². The zero-order chi connectivity index (χ0) is 49.8. The first-order valence-corrected chi connectivity index (χ1v) is 35.9. The maximum absolute atomic E-state index is 13.6. The van der Waals surface area contributed by atoms with Gasteiger partial charge < -0.3 is 27.2 Å². The van der Waals surface area contributed by atoms with E-state index in [-0.39, 0.29) is 45.3 Å². The second-order valence-electron chi connectivity index (χ2n) is 23.6. The number of carbonyl (C=O) groups excluding carboxylic acids is 2. The van der Waals surface area contributed by atoms with E-state index in [4.69, 9.17) is 27.2 Å². The molecule has 0 bridgehead atoms. The fourth-order valence-electron chi connectivity index (χ4n) is 5.42. The third-order valence-corrected chi connectivity index (χ3v) is 31.8. The minimum Gasteiger partial charge on any atom is -0.463 e. The van der Waals surface area contributed by atoms with Crippen molar-refractivity contribution in [3.05, 3.63) is 60.8 Å². The number of allylic oxidation sites excluding steroid dienone is 10. The van der Waals surface area contributed by atoms with Gasteiger partial charge in [0.05, 0.1) is 0 Å². The standard InChI is InChI=1S/C52H100O8Si4/c1-23-24-25-26-27-28-29-30-31-32-33-34-35-36-37-38-39-40-46(54)56-42-45(58-62(17,18)50(6,7)8)48(60-64(21,22)52(12,13)14)47(59-63(19,20)51(9,10)11)44(41-55-43(2)53)57-61(15,16)49(3,4)5/h24-25,27-28,30-31,33-34,36-37,44-45,47-48H,23,26,29,32,35,38-42H2,1-22H3/b25-24-,28-27-,31-30-,34-33-,37-36-/t44-,45-,47-,48-/m1/s1. The summed E-state index contributed by atoms with van der Waals surface area (Å²) < 4.78 is 41.9. The third-order valence-electron chi connectivity index (χ3n) is 13.8. The predicted molar refractivity (Wildman–Crippen MR) is 284 cm³/mol. The molecule has 0 aliphatic heterocycles. The van der Waals surface area contributed by atoms with Gasteiger partial charge in [-0.2, -0.15) is 0 Å². The van der Waals surface area contributed by atoms with E-state index >= 15 is 0 Å². The van der Waals surface area contributed by atoms with Crippen molar-refractivity contribution in [1.82, 2.24) is 0 Å². The van der Waals surface area contributed by atoms with Crippen LogP contribution in [0.5, 0.6) is 0 Å². The minimum absolute atomic E-state index is 0.000888. The van der Waals surface area contributed by atoms with E-state index in [1.54, 1.807) is 0 Å². The van der Waals surface area contributed by atoms with Crippen LogP contribution < -0.4 is 0 Å². The average molecular weight is 966 g/mol. The fraction of sp³-hybridized carbons (Fsp3) is 0.769. The summed E-state index contributed by atoms with van der Waals surface area (Å²) in [4.78, 5) is 26.2. The highest BCUT2D eigenvalue weighted by Crippen LogP contribution is 2.45. The molecule has 0 heterocycles. The third kappa shape index (κ3) is 23.4. The summed E-state index contributed by atoms with van der Waals surface area (Å²) in [6.45, 7) is 48.0. The lowest BCUT2D eigenvalue weighted by Crippen LogP contribution is -2.63. The first kappa shape index (κ1) is 62.3. The van der Waals surface area contributed by atoms with Crippen molar-refractivity contribution in [1.29, 1.82) is 0 Å². The van der Waals surface area contributed by atoms with Crippen LogP contribution in [0.4, 0.5) is 0 Å². The molecule has 372 valence electrons. The summed E-state index contributed by atoms with van der Waals surface area (Å²) in [5, 5.41) is -0.621. The van der Waals surface area contributed by atoms with Crippen molar-refractivity contribution < 1.29 is 36.8 Å². The van der Waals surface area contributed by atoms with Crippen molar-refractivity contribution in [2.24, 2.45) is 0 Å². The summed E-state index contributed by atoms with van der Waals surface area (Å²) in [6.07, 6.45) is 25.7. The van der Waals surface area contributed by atoms with Crippen LogP contribution in [0.2, 0.25) is 72.5 Å². The van der Waals surface area contributed by atoms with Crippen LogP contribution in [0.1, 0.15) is 148 Å². The zero-order valence-electron chi connectivity index (χ0n) is 45.4. The molecule has 4 atom stereocenters. The minimum atomic E-state index is -2.58. The maximum atomic E-state index is 13.6. The van der Waals surface area contributed by atoms with Gasteiger partial charge in [-0.25, -0.2) is 0 Å². The van der Waals surface area contributed by atoms with E-state index in [1.807, 2.05) is 0 Å². The van der Waals surface area contributed by atoms with Gasteiger partial charge in [-0.1, -0.05) is 151 Å². The Bertz CT molecular complexity index is 1510. The molecule has 0 spiro atoms. The molecular formula is C52H100O8Si4. The quantitative estimate of drug-likeness (QED) is 0.0332. The van der Waals surface area contributed by atoms with Gasteiger partial charge in [-0.3, -0.25) is 9.59 Å². The Morgan fingerprint density at radius 1 is 0.453 bits per heavy atom. The van der Waals surface area contributed by atoms with E-state index < -0.39 is 57.7 Å². The molecule has 0 fully saturated rings. The van der Waals surface area contributed by atoms with Gasteiger partial charge in [0, 0.05) is 13.3 Å². The highest BCUT2D eigenvalue weighted by molar-refractivity contribution is 6.75. The summed E-state index contributed by atoms with van der Waals surface area (Å²) in [5.74, 6) is -0.650. The van der Waals surface area contributed by atoms with E-state index in [0.717, 1.165) is 38.5 Å². The van der Waals surface area contributed by atoms with Gasteiger partial charge in [0.1, 0.15) is 37.6 Å². The number of rotatable bonds is 28. The molecule has 0 aliphatic carbocycles. The van der Waals surface area contributed by atoms with Crippen LogP contribution >= 0.6 is 0 Å². The molecule has 0 saturated carbocycles. The Hall–Kier alpha value is -1.65. The Morgan fingerprint density at radius 3 is 1.06 bits per heavy atom. The van der Waals surface area contributed by atoms with Gasteiger partial charge in [0.15, 0.2) is 33.3 Å². The molecule has 8 nitrogen and oxygen atoms in total. The second-order valence-corrected chi connectivity index (χ2v) is 42.6. The molecule has 0 rings (SSSR count). The lowest BCUT2D eigenvalue weighted by molar-refractivity contribution is -0.156. The molecule has 0 radical (unpaired) electrons. The number of hydrogen-bond donors (Lipinski definition) is 0. The number of ether oxygens (including phenoxy) is 2. The number of hydrogen-bond acceptors (Lipinski definition) is 8. The average Bonchev–Trinajstić information content (AvgIpc) is 3.12. The Balaban J connectivity index is 6.82. The zero-order valence-corrected chi connectivity index (χ0v) is 49.4. The Labute approximate surface area is 399 Å². The Kier molecular flexibility index (Phi) is 26.7. The highest BCUT2D eigenvalue weighted by Gasteiger charge is 2.53. The monoisotopic (exact) mass is 965 g/mol. The molecule has 0 N–H and O–H groups in total. The first-order valence-electron chi connectivity index (χ1n) is 24.3. The molecule has 0 aromatic rings. The molecule has 0 aliphatic rings. The smallest absolute Gasteiger partial charge is 0.305 e. The van der Waals surface area contributed by atoms with Gasteiger partial charge >= 0.3 is 11.9 Å². The SMILES string of the molecule is CC/C=C\C/C=C\C/C=C\C/C=C\C/C=C\CCCC(=O)OC[C@@H](O[Si](C)(C)C(C)(C)C)[C@@H](O[Si](C)(C)C(C)(C)C)[C@H](O[Si](C)(C)C(C)(C)C)[C@@H](COC(C)=O)O[Si](C)(C)C(C)(C)C. The van der Waals surface area contributed by atoms with Crippen LogP contribution in [0.15, 0.2) is 60.8 Å². The molecule has 0 aromatic heterocycles. The number of carbonyl (C=O) groups is 2. The number of esters is 2. The van der Waals surface area contributed by atoms with Gasteiger partial charge in [0.25, 0.3) is 0 Å². The van der Waals surface area contributed by atoms with Crippen LogP contribution in [0.25, 0.3) is 0 Å². The second kappa shape index (κ2) is 27.4. The van der Waals surface area contributed by atoms with Crippen LogP contribution in [0, 0.1) is 0 Å². The van der Waals surface area contributed by atoms with E-state index in [0.29, 0.717) is 12.8 Å². The largest absolute Gasteiger partial charge is 0.463 e. The maximum Gasteiger partial charge on any atom is 0.305 e. The normalized spacial score (nSPS) is 16.4. The molecule has 0 saturated heterocycles. The number of unbranched alkanes of at least 4 members (excludes halogenated alkanes) is 1. The van der Waals surface area contributed by atoms with E-state index in [9.17, 15) is 9.59 Å². The molecular weight excluding hydrogens is 865 g/mol. The summed E-state index contributed by atoms with van der Waals surface area (Å²) in [5.41, 5.74) is 0. The highest BCUT2D eigenvalue weighted by atomic mass is 28.4. The summed E-state index contributed by atoms with van der Waals surface area (Å²) in [7, 11) is -10.2. The molecule has 0 amide bonds. The summed E-state index contributed by atoms with van der Waals surface area (Å²) in [6, 6.07) is 0. The molecule has 0 unspecified atom stereocenters. The van der Waals surface area contributed by atoms with Crippen molar-refractivity contribution in [2.45, 2.75) is 245 Å². The van der Waals surface area contributed by atoms with Gasteiger partial charge in [-0.05, 0) is 117 Å². The lowest BCUT2D eigenvalue weighted by Gasteiger charge is -2.51. The fourth-order valence-corrected chi connectivity index (χ4v) is 10.7. The molecule has 0 aromatic carbocycles. The van der Waals surface area contributed by atoms with Crippen LogP contribution in [-0.4, -0.2) is 82.8 Å². The van der Waals surface area contributed by atoms with Crippen LogP contribution in [-0.2, 0) is 36.8 Å². The molecule has 64 heavy (non-hydrogen) atoms. The van der Waals surface area contributed by atoms with Crippen molar-refractivity contribution >= 4 is 45.2 Å². The lowest BCUT2D eigenvalue weighted by atomic mass is 10.0. The predicted octanol–water partition coefficient (Wildman–Crippen LogP) is 15.6. The van der Waals surface area contributed by atoms with Crippen molar-refractivity contribution in [3.8, 4) is 0 Å². The van der Waals surface area contributed by atoms with E-state index in [1.165, 1.54) is 6.92 Å². The van der Waals surface area contributed by atoms with Crippen LogP contribution in [0.3, 0.4) is 0 Å². The van der Waals surface area contributed by atoms with Gasteiger partial charge in [-0.15, -0.1) is 0 Å². The van der Waals surface area contributed by atoms with Crippen molar-refractivity contribution in [2.75, 3.05) is 13.2 Å².